The minimum absolute atomic E-state index is 0.331. The molecule has 0 bridgehead atoms. The van der Waals surface area contributed by atoms with Gasteiger partial charge in [0, 0.05) is 6.07 Å². The van der Waals surface area contributed by atoms with Gasteiger partial charge in [0.15, 0.2) is 0 Å². The molecule has 1 aliphatic rings. The number of hydrogen-bond acceptors (Lipinski definition) is 4. The van der Waals surface area contributed by atoms with Crippen LogP contribution in [0.2, 0.25) is 0 Å². The van der Waals surface area contributed by atoms with Crippen molar-refractivity contribution >= 4 is 17.6 Å². The first-order valence-corrected chi connectivity index (χ1v) is 6.16. The van der Waals surface area contributed by atoms with Gasteiger partial charge in [0.05, 0.1) is 24.4 Å². The molecule has 1 aliphatic carbocycles. The fraction of sp³-hybridized carbons (Fsp3) is 0.357. The number of nitrogens with zero attached hydrogens (tertiary/aromatic N) is 1. The number of nitriles is 1. The summed E-state index contributed by atoms with van der Waals surface area (Å²) in [5.41, 5.74) is -0.570. The van der Waals surface area contributed by atoms with Crippen LogP contribution in [-0.4, -0.2) is 24.1 Å². The summed E-state index contributed by atoms with van der Waals surface area (Å²) in [7, 11) is 1.42. The van der Waals surface area contributed by atoms with Crippen molar-refractivity contribution in [2.24, 2.45) is 5.41 Å². The number of nitrogens with one attached hydrogen (secondary N) is 1. The maximum Gasteiger partial charge on any atom is 0.319 e. The molecule has 0 saturated heterocycles. The van der Waals surface area contributed by atoms with E-state index in [1.807, 2.05) is 6.07 Å². The molecule has 0 aromatic heterocycles. The highest BCUT2D eigenvalue weighted by molar-refractivity contribution is 6.09. The molecule has 2 rings (SSSR count). The van der Waals surface area contributed by atoms with Crippen molar-refractivity contribution in [3.8, 4) is 11.8 Å². The molecule has 1 fully saturated rings. The highest BCUT2D eigenvalue weighted by atomic mass is 16.5. The largest absolute Gasteiger partial charge is 0.495 e. The van der Waals surface area contributed by atoms with E-state index in [0.29, 0.717) is 29.8 Å². The van der Waals surface area contributed by atoms with Crippen molar-refractivity contribution < 1.29 is 19.4 Å². The molecule has 1 saturated carbocycles. The Kier molecular flexibility index (Phi) is 3.61. The molecule has 1 aromatic rings. The van der Waals surface area contributed by atoms with E-state index >= 15 is 0 Å². The second-order valence-corrected chi connectivity index (χ2v) is 4.72. The maximum absolute atomic E-state index is 12.2. The lowest BCUT2D eigenvalue weighted by Crippen LogP contribution is -2.48. The Hall–Kier alpha value is -2.55. The van der Waals surface area contributed by atoms with E-state index in [9.17, 15) is 14.7 Å². The molecule has 0 atom stereocenters. The topological polar surface area (TPSA) is 99.4 Å². The van der Waals surface area contributed by atoms with Gasteiger partial charge in [-0.05, 0) is 25.0 Å². The molecule has 0 heterocycles. The van der Waals surface area contributed by atoms with Gasteiger partial charge in [-0.25, -0.2) is 0 Å². The number of carboxylic acids is 1. The molecule has 0 radical (unpaired) electrons. The highest BCUT2D eigenvalue weighted by Gasteiger charge is 2.51. The minimum atomic E-state index is -1.33. The van der Waals surface area contributed by atoms with E-state index in [1.54, 1.807) is 0 Å². The van der Waals surface area contributed by atoms with Gasteiger partial charge in [-0.2, -0.15) is 5.26 Å². The second kappa shape index (κ2) is 5.21. The van der Waals surface area contributed by atoms with Crippen LogP contribution in [0.4, 0.5) is 5.69 Å². The van der Waals surface area contributed by atoms with E-state index in [-0.39, 0.29) is 0 Å². The summed E-state index contributed by atoms with van der Waals surface area (Å²) in [6.07, 6.45) is 1.41. The summed E-state index contributed by atoms with van der Waals surface area (Å²) in [5.74, 6) is -1.31. The summed E-state index contributed by atoms with van der Waals surface area (Å²) >= 11 is 0. The van der Waals surface area contributed by atoms with Crippen LogP contribution in [0.1, 0.15) is 24.8 Å². The number of carbonyl (C=O) groups is 2. The van der Waals surface area contributed by atoms with E-state index in [2.05, 4.69) is 5.32 Å². The third-order valence-electron chi connectivity index (χ3n) is 3.63. The van der Waals surface area contributed by atoms with E-state index < -0.39 is 17.3 Å². The van der Waals surface area contributed by atoms with Crippen molar-refractivity contribution in [1.82, 2.24) is 0 Å². The molecule has 0 spiro atoms. The van der Waals surface area contributed by atoms with Gasteiger partial charge in [-0.15, -0.1) is 0 Å². The molecular formula is C14H14N2O4. The van der Waals surface area contributed by atoms with Crippen LogP contribution in [0.5, 0.6) is 5.75 Å². The number of aliphatic carboxylic acids is 1. The fourth-order valence-electron chi connectivity index (χ4n) is 2.17. The van der Waals surface area contributed by atoms with Crippen LogP contribution in [0.3, 0.4) is 0 Å². The summed E-state index contributed by atoms with van der Waals surface area (Å²) in [5, 5.41) is 20.6. The first-order valence-electron chi connectivity index (χ1n) is 6.16. The third kappa shape index (κ3) is 2.18. The van der Waals surface area contributed by atoms with Crippen molar-refractivity contribution in [2.45, 2.75) is 19.3 Å². The van der Waals surface area contributed by atoms with Crippen LogP contribution >= 0.6 is 0 Å². The summed E-state index contributed by atoms with van der Waals surface area (Å²) in [6.45, 7) is 0. The Labute approximate surface area is 116 Å². The van der Waals surface area contributed by atoms with E-state index in [0.717, 1.165) is 6.42 Å². The molecule has 2 N–H and O–H groups in total. The number of carbonyl (C=O) groups excluding carboxylic acids is 1. The summed E-state index contributed by atoms with van der Waals surface area (Å²) in [6, 6.07) is 6.52. The molecule has 20 heavy (non-hydrogen) atoms. The van der Waals surface area contributed by atoms with Gasteiger partial charge in [-0.1, -0.05) is 6.42 Å². The number of ether oxygens (including phenoxy) is 1. The monoisotopic (exact) mass is 274 g/mol. The summed E-state index contributed by atoms with van der Waals surface area (Å²) < 4.78 is 5.10. The van der Waals surface area contributed by atoms with Gasteiger partial charge < -0.3 is 15.2 Å². The predicted molar refractivity (Wildman–Crippen MR) is 70.3 cm³/mol. The predicted octanol–water partition coefficient (Wildman–Crippen LogP) is 1.76. The number of hydrogen-bond donors (Lipinski definition) is 2. The van der Waals surface area contributed by atoms with Crippen LogP contribution in [0.15, 0.2) is 18.2 Å². The van der Waals surface area contributed by atoms with Gasteiger partial charge in [0.25, 0.3) is 0 Å². The van der Waals surface area contributed by atoms with Crippen LogP contribution < -0.4 is 10.1 Å². The minimum Gasteiger partial charge on any atom is -0.495 e. The van der Waals surface area contributed by atoms with Crippen molar-refractivity contribution in [3.63, 3.8) is 0 Å². The second-order valence-electron chi connectivity index (χ2n) is 4.72. The average Bonchev–Trinajstić information content (AvgIpc) is 2.37. The molecule has 0 unspecified atom stereocenters. The Bertz CT molecular complexity index is 600. The quantitative estimate of drug-likeness (QED) is 0.815. The average molecular weight is 274 g/mol. The zero-order valence-corrected chi connectivity index (χ0v) is 11.0. The lowest BCUT2D eigenvalue weighted by molar-refractivity contribution is -0.159. The maximum atomic E-state index is 12.2. The number of anilines is 1. The van der Waals surface area contributed by atoms with E-state index in [1.165, 1.54) is 25.3 Å². The molecule has 0 aliphatic heterocycles. The van der Waals surface area contributed by atoms with Gasteiger partial charge >= 0.3 is 5.97 Å². The Balaban J connectivity index is 2.24. The smallest absolute Gasteiger partial charge is 0.319 e. The number of carboxylic acid groups (broad SMARTS) is 1. The first kappa shape index (κ1) is 13.9. The normalized spacial score (nSPS) is 15.6. The lowest BCUT2D eigenvalue weighted by atomic mass is 9.68. The highest BCUT2D eigenvalue weighted by Crippen LogP contribution is 2.42. The number of methoxy groups -OCH3 is 1. The third-order valence-corrected chi connectivity index (χ3v) is 3.63. The summed E-state index contributed by atoms with van der Waals surface area (Å²) in [4.78, 5) is 23.4. The zero-order valence-electron chi connectivity index (χ0n) is 11.0. The number of rotatable bonds is 4. The van der Waals surface area contributed by atoms with Crippen LogP contribution in [-0.2, 0) is 9.59 Å². The Morgan fingerprint density at radius 2 is 2.15 bits per heavy atom. The van der Waals surface area contributed by atoms with Crippen LogP contribution in [0.25, 0.3) is 0 Å². The van der Waals surface area contributed by atoms with Crippen molar-refractivity contribution in [1.29, 1.82) is 5.26 Å². The Morgan fingerprint density at radius 3 is 2.60 bits per heavy atom. The SMILES string of the molecule is COc1cc(C#N)ccc1NC(=O)C1(C(=O)O)CCC1. The zero-order chi connectivity index (χ0) is 14.8. The number of amides is 1. The van der Waals surface area contributed by atoms with Gasteiger partial charge in [0.2, 0.25) is 5.91 Å². The Morgan fingerprint density at radius 1 is 1.45 bits per heavy atom. The van der Waals surface area contributed by atoms with Gasteiger partial charge in [-0.3, -0.25) is 9.59 Å². The number of benzene rings is 1. The fourth-order valence-corrected chi connectivity index (χ4v) is 2.17. The molecular weight excluding hydrogens is 260 g/mol. The molecule has 6 heteroatoms. The molecule has 1 amide bonds. The van der Waals surface area contributed by atoms with Crippen LogP contribution in [0, 0.1) is 16.7 Å². The molecule has 1 aromatic carbocycles. The van der Waals surface area contributed by atoms with E-state index in [4.69, 9.17) is 10.00 Å². The van der Waals surface area contributed by atoms with Crippen molar-refractivity contribution in [3.05, 3.63) is 23.8 Å². The molecule has 6 nitrogen and oxygen atoms in total. The standard InChI is InChI=1S/C14H14N2O4/c1-20-11-7-9(8-15)3-4-10(11)16-12(17)14(13(18)19)5-2-6-14/h3-4,7H,2,5-6H2,1H3,(H,16,17)(H,18,19). The first-order chi connectivity index (χ1) is 9.53. The lowest BCUT2D eigenvalue weighted by Gasteiger charge is -2.35. The molecule has 104 valence electrons. The van der Waals surface area contributed by atoms with Crippen molar-refractivity contribution in [2.75, 3.05) is 12.4 Å². The van der Waals surface area contributed by atoms with Gasteiger partial charge in [0.1, 0.15) is 11.2 Å².